The first kappa shape index (κ1) is 38.6. The predicted octanol–water partition coefficient (Wildman–Crippen LogP) is 6.73. The molecule has 2 aromatic carbocycles. The van der Waals surface area contributed by atoms with E-state index in [9.17, 15) is 19.2 Å². The van der Waals surface area contributed by atoms with E-state index >= 15 is 0 Å². The van der Waals surface area contributed by atoms with Crippen molar-refractivity contribution in [3.05, 3.63) is 95.9 Å². The van der Waals surface area contributed by atoms with Gasteiger partial charge in [0.15, 0.2) is 0 Å². The summed E-state index contributed by atoms with van der Waals surface area (Å²) in [6, 6.07) is 21.8. The van der Waals surface area contributed by atoms with Crippen molar-refractivity contribution in [2.45, 2.75) is 97.6 Å². The Morgan fingerprint density at radius 2 is 1.54 bits per heavy atom. The molecule has 1 saturated heterocycles. The molecule has 2 atom stereocenters. The molecule has 5 rings (SSSR count). The maximum atomic E-state index is 14.2. The minimum atomic E-state index is -0.785. The van der Waals surface area contributed by atoms with Gasteiger partial charge in [0, 0.05) is 19.1 Å². The monoisotopic (exact) mass is 714 g/mol. The SMILES string of the molecule is CC(C)(C)[C@H](NC(=O)[C@H](CC1CCCC1)CN(C=O)OCc1ccccc1)C(=O)N1CCC(N(Cc2ccco2)C(=O)OCc2ccccc2)CC1. The molecule has 4 amide bonds. The lowest BCUT2D eigenvalue weighted by atomic mass is 9.84. The number of amides is 4. The van der Waals surface area contributed by atoms with E-state index in [0.29, 0.717) is 50.4 Å². The lowest BCUT2D eigenvalue weighted by Crippen LogP contribution is -2.58. The van der Waals surface area contributed by atoms with Gasteiger partial charge in [-0.3, -0.25) is 24.1 Å². The minimum Gasteiger partial charge on any atom is -0.467 e. The van der Waals surface area contributed by atoms with Gasteiger partial charge in [0.2, 0.25) is 18.2 Å². The molecule has 1 N–H and O–H groups in total. The number of benzene rings is 2. The molecule has 1 aliphatic carbocycles. The van der Waals surface area contributed by atoms with Gasteiger partial charge in [0.05, 0.1) is 25.3 Å². The highest BCUT2D eigenvalue weighted by atomic mass is 16.7. The van der Waals surface area contributed by atoms with Gasteiger partial charge in [-0.25, -0.2) is 9.86 Å². The number of furan rings is 1. The van der Waals surface area contributed by atoms with Crippen molar-refractivity contribution < 1.29 is 33.2 Å². The molecule has 2 aliphatic rings. The maximum absolute atomic E-state index is 14.2. The van der Waals surface area contributed by atoms with E-state index in [1.165, 1.54) is 5.06 Å². The molecular formula is C41H54N4O7. The lowest BCUT2D eigenvalue weighted by molar-refractivity contribution is -0.182. The summed E-state index contributed by atoms with van der Waals surface area (Å²) in [7, 11) is 0. The zero-order chi connectivity index (χ0) is 36.9. The van der Waals surface area contributed by atoms with E-state index in [4.69, 9.17) is 14.0 Å². The van der Waals surface area contributed by atoms with Gasteiger partial charge in [0.25, 0.3) is 0 Å². The van der Waals surface area contributed by atoms with E-state index in [0.717, 1.165) is 36.8 Å². The third-order valence-corrected chi connectivity index (χ3v) is 10.2. The van der Waals surface area contributed by atoms with Crippen LogP contribution >= 0.6 is 0 Å². The van der Waals surface area contributed by atoms with Crippen molar-refractivity contribution >= 4 is 24.3 Å². The minimum absolute atomic E-state index is 0.0982. The first-order valence-corrected chi connectivity index (χ1v) is 18.6. The summed E-state index contributed by atoms with van der Waals surface area (Å²) in [4.78, 5) is 63.1. The Morgan fingerprint density at radius 1 is 0.904 bits per heavy atom. The van der Waals surface area contributed by atoms with Crippen LogP contribution in [0.2, 0.25) is 0 Å². The number of hydrogen-bond donors (Lipinski definition) is 1. The van der Waals surface area contributed by atoms with Crippen LogP contribution in [0.4, 0.5) is 4.79 Å². The highest BCUT2D eigenvalue weighted by Crippen LogP contribution is 2.32. The predicted molar refractivity (Wildman–Crippen MR) is 196 cm³/mol. The number of ether oxygens (including phenoxy) is 1. The Labute approximate surface area is 307 Å². The number of nitrogens with one attached hydrogen (secondary N) is 1. The zero-order valence-corrected chi connectivity index (χ0v) is 30.8. The highest BCUT2D eigenvalue weighted by molar-refractivity contribution is 5.89. The molecule has 280 valence electrons. The first-order valence-electron chi connectivity index (χ1n) is 18.6. The van der Waals surface area contributed by atoms with Crippen LogP contribution in [-0.2, 0) is 43.7 Å². The number of likely N-dealkylation sites (tertiary alicyclic amines) is 1. The average molecular weight is 715 g/mol. The molecule has 1 aromatic heterocycles. The number of hydrogen-bond acceptors (Lipinski definition) is 7. The van der Waals surface area contributed by atoms with Crippen LogP contribution in [0.25, 0.3) is 0 Å². The van der Waals surface area contributed by atoms with E-state index in [1.54, 1.807) is 22.1 Å². The summed E-state index contributed by atoms with van der Waals surface area (Å²) in [6.07, 6.45) is 7.84. The molecule has 0 spiro atoms. The first-order chi connectivity index (χ1) is 25.1. The van der Waals surface area contributed by atoms with Crippen molar-refractivity contribution in [2.75, 3.05) is 19.6 Å². The van der Waals surface area contributed by atoms with Crippen molar-refractivity contribution in [1.82, 2.24) is 20.2 Å². The number of piperidine rings is 1. The summed E-state index contributed by atoms with van der Waals surface area (Å²) < 4.78 is 11.3. The van der Waals surface area contributed by atoms with Gasteiger partial charge in [-0.1, -0.05) is 107 Å². The molecule has 11 heteroatoms. The van der Waals surface area contributed by atoms with Gasteiger partial charge >= 0.3 is 6.09 Å². The van der Waals surface area contributed by atoms with Crippen molar-refractivity contribution in [1.29, 1.82) is 0 Å². The highest BCUT2D eigenvalue weighted by Gasteiger charge is 2.40. The van der Waals surface area contributed by atoms with Gasteiger partial charge in [-0.15, -0.1) is 0 Å². The normalized spacial score (nSPS) is 16.6. The van der Waals surface area contributed by atoms with Crippen LogP contribution in [0.5, 0.6) is 0 Å². The van der Waals surface area contributed by atoms with Crippen molar-refractivity contribution in [2.24, 2.45) is 17.3 Å². The topological polar surface area (TPSA) is 122 Å². The number of rotatable bonds is 16. The van der Waals surface area contributed by atoms with E-state index in [1.807, 2.05) is 87.5 Å². The van der Waals surface area contributed by atoms with E-state index < -0.39 is 23.5 Å². The third kappa shape index (κ3) is 11.2. The summed E-state index contributed by atoms with van der Waals surface area (Å²) in [5.74, 6) is 0.0809. The largest absolute Gasteiger partial charge is 0.467 e. The summed E-state index contributed by atoms with van der Waals surface area (Å²) in [5.41, 5.74) is 1.23. The summed E-state index contributed by atoms with van der Waals surface area (Å²) >= 11 is 0. The van der Waals surface area contributed by atoms with Crippen LogP contribution in [0.3, 0.4) is 0 Å². The fourth-order valence-electron chi connectivity index (χ4n) is 7.19. The van der Waals surface area contributed by atoms with Gasteiger partial charge < -0.3 is 19.4 Å². The smallest absolute Gasteiger partial charge is 0.410 e. The molecule has 0 unspecified atom stereocenters. The Bertz CT molecular complexity index is 1550. The number of carbonyl (C=O) groups is 4. The van der Waals surface area contributed by atoms with E-state index in [-0.39, 0.29) is 44.2 Å². The molecule has 1 aliphatic heterocycles. The summed E-state index contributed by atoms with van der Waals surface area (Å²) in [6.45, 7) is 7.41. The molecular weight excluding hydrogens is 660 g/mol. The Morgan fingerprint density at radius 3 is 2.12 bits per heavy atom. The van der Waals surface area contributed by atoms with E-state index in [2.05, 4.69) is 5.32 Å². The molecule has 2 fully saturated rings. The lowest BCUT2D eigenvalue weighted by Gasteiger charge is -2.41. The quantitative estimate of drug-likeness (QED) is 0.129. The number of nitrogens with zero attached hydrogens (tertiary/aromatic N) is 3. The van der Waals surface area contributed by atoms with Crippen LogP contribution in [0, 0.1) is 17.3 Å². The Kier molecular flexibility index (Phi) is 13.9. The number of carbonyl (C=O) groups excluding carboxylic acids is 4. The van der Waals surface area contributed by atoms with Crippen molar-refractivity contribution in [3.63, 3.8) is 0 Å². The molecule has 52 heavy (non-hydrogen) atoms. The standard InChI is InChI=1S/C41H54N4O7/c1-41(2,3)37(42-38(47)34(25-31-13-10-11-14-31)26-44(30-46)52-29-33-17-8-5-9-18-33)39(48)43-22-20-35(21-23-43)45(27-36-19-12-24-50-36)40(49)51-28-32-15-6-4-7-16-32/h4-9,12,15-19,24,30-31,34-35,37H,10-11,13-14,20-23,25-29H2,1-3H3,(H,42,47)/t34-,37-/m1/s1. The van der Waals surface area contributed by atoms with Crippen molar-refractivity contribution in [3.8, 4) is 0 Å². The second-order valence-electron chi connectivity index (χ2n) is 15.2. The fraction of sp³-hybridized carbons (Fsp3) is 0.512. The average Bonchev–Trinajstić information content (AvgIpc) is 3.88. The van der Waals surface area contributed by atoms with Crippen LogP contribution < -0.4 is 5.32 Å². The fourth-order valence-corrected chi connectivity index (χ4v) is 7.19. The molecule has 11 nitrogen and oxygen atoms in total. The maximum Gasteiger partial charge on any atom is 0.410 e. The van der Waals surface area contributed by atoms with Crippen LogP contribution in [-0.4, -0.2) is 70.9 Å². The molecule has 1 saturated carbocycles. The molecule has 0 bridgehead atoms. The van der Waals surface area contributed by atoms with Crippen LogP contribution in [0.15, 0.2) is 83.5 Å². The Hall–Kier alpha value is -4.64. The van der Waals surface area contributed by atoms with Gasteiger partial charge in [-0.2, -0.15) is 0 Å². The second-order valence-corrected chi connectivity index (χ2v) is 15.2. The molecule has 0 radical (unpaired) electrons. The molecule has 2 heterocycles. The second kappa shape index (κ2) is 18.7. The van der Waals surface area contributed by atoms with Crippen LogP contribution in [0.1, 0.15) is 82.6 Å². The Balaban J connectivity index is 1.23. The number of hydroxylamine groups is 2. The summed E-state index contributed by atoms with van der Waals surface area (Å²) in [5, 5.41) is 4.33. The van der Waals surface area contributed by atoms with Gasteiger partial charge in [0.1, 0.15) is 25.0 Å². The zero-order valence-electron chi connectivity index (χ0n) is 30.8. The molecule has 3 aromatic rings. The third-order valence-electron chi connectivity index (χ3n) is 10.2. The van der Waals surface area contributed by atoms with Gasteiger partial charge in [-0.05, 0) is 53.9 Å².